The largest absolute Gasteiger partial charge is 0.461 e. The molecule has 0 bridgehead atoms. The van der Waals surface area contributed by atoms with Gasteiger partial charge >= 0.3 is 12.1 Å². The highest BCUT2D eigenvalue weighted by Crippen LogP contribution is 2.32. The summed E-state index contributed by atoms with van der Waals surface area (Å²) in [6.45, 7) is 11.5. The minimum absolute atomic E-state index is 0.195. The van der Waals surface area contributed by atoms with Crippen molar-refractivity contribution in [3.63, 3.8) is 0 Å². The Morgan fingerprint density at radius 1 is 1.39 bits per heavy atom. The standard InChI is InChI=1S/C13H21NO4/c1-6-7-17-10(15)13(5)8-14(9-13)11(16)18-12(2,3)4/h6H,1,7-9H2,2-5H3. The van der Waals surface area contributed by atoms with Gasteiger partial charge in [0.15, 0.2) is 0 Å². The summed E-state index contributed by atoms with van der Waals surface area (Å²) in [6, 6.07) is 0. The first-order valence-corrected chi connectivity index (χ1v) is 5.94. The van der Waals surface area contributed by atoms with Crippen molar-refractivity contribution >= 4 is 12.1 Å². The predicted molar refractivity (Wildman–Crippen MR) is 67.1 cm³/mol. The van der Waals surface area contributed by atoms with E-state index >= 15 is 0 Å². The molecule has 0 aromatic rings. The van der Waals surface area contributed by atoms with Gasteiger partial charge in [-0.1, -0.05) is 12.7 Å². The minimum Gasteiger partial charge on any atom is -0.461 e. The third-order valence-electron chi connectivity index (χ3n) is 2.56. The van der Waals surface area contributed by atoms with Crippen LogP contribution in [0, 0.1) is 5.41 Å². The molecule has 0 radical (unpaired) electrons. The lowest BCUT2D eigenvalue weighted by molar-refractivity contribution is -0.163. The van der Waals surface area contributed by atoms with Gasteiger partial charge in [0.05, 0.1) is 0 Å². The van der Waals surface area contributed by atoms with E-state index in [0.717, 1.165) is 0 Å². The molecule has 1 fully saturated rings. The predicted octanol–water partition coefficient (Wildman–Crippen LogP) is 1.97. The third kappa shape index (κ3) is 3.48. The van der Waals surface area contributed by atoms with Crippen LogP contribution < -0.4 is 0 Å². The van der Waals surface area contributed by atoms with Crippen LogP contribution in [0.15, 0.2) is 12.7 Å². The lowest BCUT2D eigenvalue weighted by Gasteiger charge is -2.45. The average Bonchev–Trinajstić information content (AvgIpc) is 2.18. The maximum absolute atomic E-state index is 11.7. The number of esters is 1. The maximum Gasteiger partial charge on any atom is 0.410 e. The highest BCUT2D eigenvalue weighted by molar-refractivity contribution is 5.81. The molecular weight excluding hydrogens is 234 g/mol. The minimum atomic E-state index is -0.625. The van der Waals surface area contributed by atoms with E-state index in [4.69, 9.17) is 9.47 Å². The molecule has 0 unspecified atom stereocenters. The Morgan fingerprint density at radius 2 is 1.94 bits per heavy atom. The zero-order chi connectivity index (χ0) is 14.0. The van der Waals surface area contributed by atoms with E-state index in [0.29, 0.717) is 13.1 Å². The monoisotopic (exact) mass is 255 g/mol. The van der Waals surface area contributed by atoms with E-state index in [1.807, 2.05) is 20.8 Å². The van der Waals surface area contributed by atoms with Gasteiger partial charge in [-0.15, -0.1) is 0 Å². The van der Waals surface area contributed by atoms with E-state index in [2.05, 4.69) is 6.58 Å². The second-order valence-corrected chi connectivity index (χ2v) is 5.78. The molecule has 0 aliphatic carbocycles. The van der Waals surface area contributed by atoms with Gasteiger partial charge < -0.3 is 14.4 Å². The zero-order valence-corrected chi connectivity index (χ0v) is 11.5. The van der Waals surface area contributed by atoms with Gasteiger partial charge in [0, 0.05) is 13.1 Å². The van der Waals surface area contributed by atoms with Crippen molar-refractivity contribution in [3.05, 3.63) is 12.7 Å². The smallest absolute Gasteiger partial charge is 0.410 e. The van der Waals surface area contributed by atoms with E-state index in [9.17, 15) is 9.59 Å². The van der Waals surface area contributed by atoms with Crippen molar-refractivity contribution in [1.82, 2.24) is 4.90 Å². The number of amides is 1. The SMILES string of the molecule is C=CCOC(=O)C1(C)CN(C(=O)OC(C)(C)C)C1. The first-order chi connectivity index (χ1) is 8.18. The Kier molecular flexibility index (Phi) is 4.04. The van der Waals surface area contributed by atoms with Crippen LogP contribution in [-0.2, 0) is 14.3 Å². The Labute approximate surface area is 108 Å². The third-order valence-corrected chi connectivity index (χ3v) is 2.56. The summed E-state index contributed by atoms with van der Waals surface area (Å²) in [5.74, 6) is -0.304. The van der Waals surface area contributed by atoms with Gasteiger partial charge in [-0.3, -0.25) is 4.79 Å². The number of hydrogen-bond acceptors (Lipinski definition) is 4. The molecule has 5 heteroatoms. The summed E-state index contributed by atoms with van der Waals surface area (Å²) in [5, 5.41) is 0. The van der Waals surface area contributed by atoms with Crippen molar-refractivity contribution in [2.24, 2.45) is 5.41 Å². The molecule has 102 valence electrons. The molecular formula is C13H21NO4. The van der Waals surface area contributed by atoms with E-state index in [1.165, 1.54) is 11.0 Å². The van der Waals surface area contributed by atoms with Crippen LogP contribution in [0.3, 0.4) is 0 Å². The maximum atomic E-state index is 11.7. The summed E-state index contributed by atoms with van der Waals surface area (Å²) < 4.78 is 10.2. The molecule has 1 rings (SSSR count). The summed E-state index contributed by atoms with van der Waals surface area (Å²) in [6.07, 6.45) is 1.13. The number of hydrogen-bond donors (Lipinski definition) is 0. The van der Waals surface area contributed by atoms with E-state index < -0.39 is 17.1 Å². The van der Waals surface area contributed by atoms with Crippen LogP contribution in [0.4, 0.5) is 4.79 Å². The Balaban J connectivity index is 2.44. The quantitative estimate of drug-likeness (QED) is 0.571. The number of nitrogens with zero attached hydrogens (tertiary/aromatic N) is 1. The molecule has 0 aromatic carbocycles. The van der Waals surface area contributed by atoms with Gasteiger partial charge in [0.25, 0.3) is 0 Å². The Morgan fingerprint density at radius 3 is 2.39 bits per heavy atom. The summed E-state index contributed by atoms with van der Waals surface area (Å²) >= 11 is 0. The van der Waals surface area contributed by atoms with E-state index in [-0.39, 0.29) is 12.6 Å². The molecule has 0 aromatic heterocycles. The van der Waals surface area contributed by atoms with Crippen molar-refractivity contribution in [2.75, 3.05) is 19.7 Å². The van der Waals surface area contributed by atoms with Crippen LogP contribution >= 0.6 is 0 Å². The van der Waals surface area contributed by atoms with Crippen molar-refractivity contribution < 1.29 is 19.1 Å². The fourth-order valence-corrected chi connectivity index (χ4v) is 1.69. The molecule has 1 aliphatic rings. The van der Waals surface area contributed by atoms with Crippen molar-refractivity contribution in [3.8, 4) is 0 Å². The number of ether oxygens (including phenoxy) is 2. The van der Waals surface area contributed by atoms with Gasteiger partial charge in [0.2, 0.25) is 0 Å². The molecule has 0 spiro atoms. The number of carbonyl (C=O) groups is 2. The van der Waals surface area contributed by atoms with Crippen molar-refractivity contribution in [1.29, 1.82) is 0 Å². The summed E-state index contributed by atoms with van der Waals surface area (Å²) in [5.41, 5.74) is -1.15. The van der Waals surface area contributed by atoms with Gasteiger partial charge in [-0.25, -0.2) is 4.79 Å². The van der Waals surface area contributed by atoms with Crippen LogP contribution in [0.25, 0.3) is 0 Å². The normalized spacial score (nSPS) is 17.7. The number of likely N-dealkylation sites (tertiary alicyclic amines) is 1. The molecule has 0 N–H and O–H groups in total. The van der Waals surface area contributed by atoms with Crippen LogP contribution in [0.5, 0.6) is 0 Å². The molecule has 1 amide bonds. The first kappa shape index (κ1) is 14.5. The van der Waals surface area contributed by atoms with Gasteiger partial charge in [0.1, 0.15) is 17.6 Å². The second kappa shape index (κ2) is 5.00. The number of rotatable bonds is 3. The van der Waals surface area contributed by atoms with Crippen LogP contribution in [-0.4, -0.2) is 42.3 Å². The lowest BCUT2D eigenvalue weighted by Crippen LogP contribution is -2.61. The summed E-state index contributed by atoms with van der Waals surface area (Å²) in [4.78, 5) is 24.9. The summed E-state index contributed by atoms with van der Waals surface area (Å²) in [7, 11) is 0. The van der Waals surface area contributed by atoms with Crippen LogP contribution in [0.2, 0.25) is 0 Å². The molecule has 1 saturated heterocycles. The van der Waals surface area contributed by atoms with Crippen molar-refractivity contribution in [2.45, 2.75) is 33.3 Å². The highest BCUT2D eigenvalue weighted by atomic mass is 16.6. The van der Waals surface area contributed by atoms with Crippen LogP contribution in [0.1, 0.15) is 27.7 Å². The fraction of sp³-hybridized carbons (Fsp3) is 0.692. The zero-order valence-electron chi connectivity index (χ0n) is 11.5. The molecule has 18 heavy (non-hydrogen) atoms. The number of carbonyl (C=O) groups excluding carboxylic acids is 2. The fourth-order valence-electron chi connectivity index (χ4n) is 1.69. The molecule has 5 nitrogen and oxygen atoms in total. The molecule has 0 atom stereocenters. The molecule has 1 heterocycles. The van der Waals surface area contributed by atoms with Gasteiger partial charge in [-0.2, -0.15) is 0 Å². The highest BCUT2D eigenvalue weighted by Gasteiger charge is 2.49. The average molecular weight is 255 g/mol. The van der Waals surface area contributed by atoms with E-state index in [1.54, 1.807) is 6.92 Å². The topological polar surface area (TPSA) is 55.8 Å². The molecule has 0 saturated carbocycles. The first-order valence-electron chi connectivity index (χ1n) is 5.94. The second-order valence-electron chi connectivity index (χ2n) is 5.78. The Hall–Kier alpha value is -1.52. The molecule has 1 aliphatic heterocycles. The Bertz CT molecular complexity index is 350. The lowest BCUT2D eigenvalue weighted by atomic mass is 9.82. The van der Waals surface area contributed by atoms with Gasteiger partial charge in [-0.05, 0) is 27.7 Å².